The van der Waals surface area contributed by atoms with Crippen molar-refractivity contribution in [2.45, 2.75) is 6.54 Å². The summed E-state index contributed by atoms with van der Waals surface area (Å²) in [5.74, 6) is -0.375. The SMILES string of the molecule is COC(=O)c1cncn1Cc1ccc(Br)cc1. The zero-order valence-electron chi connectivity index (χ0n) is 9.26. The number of rotatable bonds is 3. The summed E-state index contributed by atoms with van der Waals surface area (Å²) in [4.78, 5) is 15.4. The number of esters is 1. The van der Waals surface area contributed by atoms with Crippen LogP contribution in [-0.4, -0.2) is 22.6 Å². The molecule has 0 N–H and O–H groups in total. The van der Waals surface area contributed by atoms with Crippen LogP contribution in [0.3, 0.4) is 0 Å². The summed E-state index contributed by atoms with van der Waals surface area (Å²) in [7, 11) is 1.36. The number of nitrogens with zero attached hydrogens (tertiary/aromatic N) is 2. The molecule has 0 fully saturated rings. The first-order valence-corrected chi connectivity index (χ1v) is 5.83. The Morgan fingerprint density at radius 1 is 1.41 bits per heavy atom. The van der Waals surface area contributed by atoms with E-state index in [1.54, 1.807) is 10.9 Å². The number of carbonyl (C=O) groups is 1. The second-order valence-electron chi connectivity index (χ2n) is 3.52. The Kier molecular flexibility index (Phi) is 3.58. The predicted octanol–water partition coefficient (Wildman–Crippen LogP) is 2.48. The molecule has 0 aliphatic rings. The molecular formula is C12H11BrN2O2. The van der Waals surface area contributed by atoms with Gasteiger partial charge in [-0.25, -0.2) is 9.78 Å². The van der Waals surface area contributed by atoms with Crippen molar-refractivity contribution in [1.29, 1.82) is 0 Å². The fourth-order valence-electron chi connectivity index (χ4n) is 1.51. The van der Waals surface area contributed by atoms with E-state index in [2.05, 4.69) is 25.7 Å². The van der Waals surface area contributed by atoms with Crippen LogP contribution in [-0.2, 0) is 11.3 Å². The molecule has 88 valence electrons. The van der Waals surface area contributed by atoms with Crippen LogP contribution in [0.1, 0.15) is 16.1 Å². The summed E-state index contributed by atoms with van der Waals surface area (Å²) >= 11 is 3.38. The van der Waals surface area contributed by atoms with Crippen LogP contribution in [0.2, 0.25) is 0 Å². The van der Waals surface area contributed by atoms with Crippen molar-refractivity contribution in [2.75, 3.05) is 7.11 Å². The normalized spacial score (nSPS) is 10.2. The number of carbonyl (C=O) groups excluding carboxylic acids is 1. The first-order valence-electron chi connectivity index (χ1n) is 5.03. The van der Waals surface area contributed by atoms with Gasteiger partial charge in [-0.1, -0.05) is 28.1 Å². The number of benzene rings is 1. The summed E-state index contributed by atoms with van der Waals surface area (Å²) in [5.41, 5.74) is 1.55. The largest absolute Gasteiger partial charge is 0.464 e. The Hall–Kier alpha value is -1.62. The number of methoxy groups -OCH3 is 1. The van der Waals surface area contributed by atoms with Crippen molar-refractivity contribution in [2.24, 2.45) is 0 Å². The second-order valence-corrected chi connectivity index (χ2v) is 4.44. The Morgan fingerprint density at radius 2 is 2.12 bits per heavy atom. The summed E-state index contributed by atoms with van der Waals surface area (Å²) in [6, 6.07) is 7.91. The van der Waals surface area contributed by atoms with E-state index in [-0.39, 0.29) is 5.97 Å². The molecule has 0 amide bonds. The lowest BCUT2D eigenvalue weighted by Gasteiger charge is -2.06. The molecule has 17 heavy (non-hydrogen) atoms. The molecule has 1 aromatic carbocycles. The lowest BCUT2D eigenvalue weighted by atomic mass is 10.2. The fourth-order valence-corrected chi connectivity index (χ4v) is 1.77. The molecule has 4 nitrogen and oxygen atoms in total. The van der Waals surface area contributed by atoms with E-state index in [0.717, 1.165) is 10.0 Å². The van der Waals surface area contributed by atoms with Crippen molar-refractivity contribution in [1.82, 2.24) is 9.55 Å². The maximum absolute atomic E-state index is 11.4. The predicted molar refractivity (Wildman–Crippen MR) is 66.8 cm³/mol. The zero-order valence-corrected chi connectivity index (χ0v) is 10.8. The van der Waals surface area contributed by atoms with Gasteiger partial charge in [0, 0.05) is 11.0 Å². The molecule has 0 bridgehead atoms. The lowest BCUT2D eigenvalue weighted by Crippen LogP contribution is -2.10. The van der Waals surface area contributed by atoms with E-state index in [4.69, 9.17) is 0 Å². The molecule has 1 heterocycles. The van der Waals surface area contributed by atoms with Crippen molar-refractivity contribution < 1.29 is 9.53 Å². The van der Waals surface area contributed by atoms with E-state index in [9.17, 15) is 4.79 Å². The number of hydrogen-bond donors (Lipinski definition) is 0. The van der Waals surface area contributed by atoms with Gasteiger partial charge in [-0.15, -0.1) is 0 Å². The van der Waals surface area contributed by atoms with Gasteiger partial charge in [0.25, 0.3) is 0 Å². The Bertz CT molecular complexity index is 520. The quantitative estimate of drug-likeness (QED) is 0.817. The van der Waals surface area contributed by atoms with Crippen LogP contribution >= 0.6 is 15.9 Å². The van der Waals surface area contributed by atoms with Gasteiger partial charge in [0.2, 0.25) is 0 Å². The third-order valence-corrected chi connectivity index (χ3v) is 2.90. The van der Waals surface area contributed by atoms with Crippen molar-refractivity contribution >= 4 is 21.9 Å². The topological polar surface area (TPSA) is 44.1 Å². The van der Waals surface area contributed by atoms with E-state index < -0.39 is 0 Å². The third-order valence-electron chi connectivity index (χ3n) is 2.37. The van der Waals surface area contributed by atoms with Gasteiger partial charge in [-0.2, -0.15) is 0 Å². The van der Waals surface area contributed by atoms with Gasteiger partial charge in [0.15, 0.2) is 0 Å². The highest BCUT2D eigenvalue weighted by molar-refractivity contribution is 9.10. The summed E-state index contributed by atoms with van der Waals surface area (Å²) < 4.78 is 7.47. The molecular weight excluding hydrogens is 284 g/mol. The zero-order chi connectivity index (χ0) is 12.3. The molecule has 2 aromatic rings. The molecule has 0 spiro atoms. The van der Waals surface area contributed by atoms with Crippen LogP contribution in [0.5, 0.6) is 0 Å². The summed E-state index contributed by atoms with van der Waals surface area (Å²) in [6.07, 6.45) is 3.12. The van der Waals surface area contributed by atoms with Crippen LogP contribution in [0.15, 0.2) is 41.3 Å². The van der Waals surface area contributed by atoms with Crippen LogP contribution in [0.4, 0.5) is 0 Å². The van der Waals surface area contributed by atoms with E-state index in [1.165, 1.54) is 13.3 Å². The Morgan fingerprint density at radius 3 is 2.76 bits per heavy atom. The van der Waals surface area contributed by atoms with E-state index in [0.29, 0.717) is 12.2 Å². The minimum Gasteiger partial charge on any atom is -0.464 e. The monoisotopic (exact) mass is 294 g/mol. The fraction of sp³-hybridized carbons (Fsp3) is 0.167. The standard InChI is InChI=1S/C12H11BrN2O2/c1-17-12(16)11-6-14-8-15(11)7-9-2-4-10(13)5-3-9/h2-6,8H,7H2,1H3. The molecule has 0 unspecified atom stereocenters. The van der Waals surface area contributed by atoms with Gasteiger partial charge in [0.05, 0.1) is 19.6 Å². The highest BCUT2D eigenvalue weighted by atomic mass is 79.9. The number of aromatic nitrogens is 2. The van der Waals surface area contributed by atoms with Crippen molar-refractivity contribution in [3.05, 3.63) is 52.5 Å². The number of halogens is 1. The molecule has 0 atom stereocenters. The van der Waals surface area contributed by atoms with E-state index in [1.807, 2.05) is 24.3 Å². The Labute approximate surface area is 107 Å². The second kappa shape index (κ2) is 5.14. The highest BCUT2D eigenvalue weighted by Gasteiger charge is 2.11. The molecule has 5 heteroatoms. The molecule has 1 aromatic heterocycles. The van der Waals surface area contributed by atoms with Gasteiger partial charge < -0.3 is 9.30 Å². The van der Waals surface area contributed by atoms with Gasteiger partial charge >= 0.3 is 5.97 Å². The number of ether oxygens (including phenoxy) is 1. The Balaban J connectivity index is 2.21. The average Bonchev–Trinajstić information content (AvgIpc) is 2.79. The molecule has 0 radical (unpaired) electrons. The first-order chi connectivity index (χ1) is 8.20. The van der Waals surface area contributed by atoms with Gasteiger partial charge in [-0.05, 0) is 17.7 Å². The molecule has 0 saturated heterocycles. The van der Waals surface area contributed by atoms with E-state index >= 15 is 0 Å². The van der Waals surface area contributed by atoms with Crippen LogP contribution in [0, 0.1) is 0 Å². The maximum atomic E-state index is 11.4. The number of imidazole rings is 1. The van der Waals surface area contributed by atoms with Crippen molar-refractivity contribution in [3.63, 3.8) is 0 Å². The lowest BCUT2D eigenvalue weighted by molar-refractivity contribution is 0.0589. The minimum absolute atomic E-state index is 0.375. The minimum atomic E-state index is -0.375. The summed E-state index contributed by atoms with van der Waals surface area (Å²) in [5, 5.41) is 0. The van der Waals surface area contributed by atoms with Gasteiger partial charge in [-0.3, -0.25) is 0 Å². The van der Waals surface area contributed by atoms with Crippen LogP contribution < -0.4 is 0 Å². The summed E-state index contributed by atoms with van der Waals surface area (Å²) in [6.45, 7) is 0.595. The smallest absolute Gasteiger partial charge is 0.356 e. The first kappa shape index (κ1) is 11.9. The highest BCUT2D eigenvalue weighted by Crippen LogP contribution is 2.12. The molecule has 2 rings (SSSR count). The maximum Gasteiger partial charge on any atom is 0.356 e. The number of hydrogen-bond acceptors (Lipinski definition) is 3. The molecule has 0 saturated carbocycles. The average molecular weight is 295 g/mol. The van der Waals surface area contributed by atoms with Gasteiger partial charge in [0.1, 0.15) is 5.69 Å². The van der Waals surface area contributed by atoms with Crippen molar-refractivity contribution in [3.8, 4) is 0 Å². The molecule has 0 aliphatic carbocycles. The molecule has 0 aliphatic heterocycles. The third kappa shape index (κ3) is 2.74. The van der Waals surface area contributed by atoms with Crippen LogP contribution in [0.25, 0.3) is 0 Å².